The third kappa shape index (κ3) is 2.35. The van der Waals surface area contributed by atoms with Crippen molar-refractivity contribution in [3.63, 3.8) is 0 Å². The number of nitrogens with zero attached hydrogens (tertiary/aromatic N) is 2. The maximum atomic E-state index is 12.1. The molecule has 1 aliphatic rings. The summed E-state index contributed by atoms with van der Waals surface area (Å²) in [5.41, 5.74) is -0.234. The van der Waals surface area contributed by atoms with Crippen molar-refractivity contribution in [1.82, 2.24) is 9.80 Å². The third-order valence-electron chi connectivity index (χ3n) is 3.33. The zero-order chi connectivity index (χ0) is 12.5. The van der Waals surface area contributed by atoms with Gasteiger partial charge in [0.1, 0.15) is 0 Å². The van der Waals surface area contributed by atoms with Gasteiger partial charge in [0.15, 0.2) is 0 Å². The van der Waals surface area contributed by atoms with Crippen LogP contribution < -0.4 is 0 Å². The van der Waals surface area contributed by atoms with Crippen LogP contribution in [0, 0.1) is 0 Å². The lowest BCUT2D eigenvalue weighted by molar-refractivity contribution is -0.154. The van der Waals surface area contributed by atoms with Gasteiger partial charge in [-0.1, -0.05) is 6.92 Å². The number of amides is 1. The molecule has 0 aromatic rings. The summed E-state index contributed by atoms with van der Waals surface area (Å²) in [7, 11) is 1.74. The second kappa shape index (κ2) is 4.41. The first-order valence-corrected chi connectivity index (χ1v) is 5.53. The van der Waals surface area contributed by atoms with Crippen LogP contribution in [0.3, 0.4) is 0 Å². The molecule has 0 bridgehead atoms. The van der Waals surface area contributed by atoms with Gasteiger partial charge in [-0.3, -0.25) is 14.5 Å². The minimum absolute atomic E-state index is 0.0968. The van der Waals surface area contributed by atoms with Crippen LogP contribution in [0.4, 0.5) is 0 Å². The van der Waals surface area contributed by atoms with Gasteiger partial charge in [-0.15, -0.1) is 0 Å². The molecule has 1 atom stereocenters. The van der Waals surface area contributed by atoms with E-state index in [-0.39, 0.29) is 17.9 Å². The van der Waals surface area contributed by atoms with Crippen molar-refractivity contribution >= 4 is 11.9 Å². The number of rotatable bonds is 3. The van der Waals surface area contributed by atoms with E-state index in [1.807, 2.05) is 25.7 Å². The van der Waals surface area contributed by atoms with Crippen LogP contribution in [0.5, 0.6) is 0 Å². The Morgan fingerprint density at radius 2 is 2.12 bits per heavy atom. The predicted molar refractivity (Wildman–Crippen MR) is 60.1 cm³/mol. The fourth-order valence-electron chi connectivity index (χ4n) is 2.11. The maximum Gasteiger partial charge on any atom is 0.305 e. The number of carboxylic acids is 1. The van der Waals surface area contributed by atoms with Crippen molar-refractivity contribution in [3.8, 4) is 0 Å². The molecule has 1 fully saturated rings. The fraction of sp³-hybridized carbons (Fsp3) is 0.818. The largest absolute Gasteiger partial charge is 0.481 e. The first-order valence-electron chi connectivity index (χ1n) is 5.53. The molecule has 1 unspecified atom stereocenters. The second-order valence-corrected chi connectivity index (χ2v) is 4.89. The number of likely N-dealkylation sites (N-methyl/N-ethyl adjacent to an activating group) is 2. The molecule has 0 saturated carbocycles. The molecule has 0 spiro atoms. The van der Waals surface area contributed by atoms with Gasteiger partial charge in [0.05, 0.1) is 12.5 Å². The Hall–Kier alpha value is -1.10. The average molecular weight is 228 g/mol. The van der Waals surface area contributed by atoms with E-state index in [0.29, 0.717) is 13.1 Å². The fourth-order valence-corrected chi connectivity index (χ4v) is 2.11. The Balaban J connectivity index is 2.91. The first kappa shape index (κ1) is 13.0. The van der Waals surface area contributed by atoms with E-state index >= 15 is 0 Å². The molecule has 1 rings (SSSR count). The zero-order valence-electron chi connectivity index (χ0n) is 10.4. The Bertz CT molecular complexity index is 302. The number of carbonyl (C=O) groups is 2. The lowest BCUT2D eigenvalue weighted by atomic mass is 9.94. The zero-order valence-corrected chi connectivity index (χ0v) is 10.4. The summed E-state index contributed by atoms with van der Waals surface area (Å²) in [6.45, 7) is 7.34. The van der Waals surface area contributed by atoms with Gasteiger partial charge >= 0.3 is 5.97 Å². The molecule has 5 heteroatoms. The number of hydrogen-bond acceptors (Lipinski definition) is 3. The van der Waals surface area contributed by atoms with Crippen molar-refractivity contribution in [2.75, 3.05) is 20.1 Å². The van der Waals surface area contributed by atoms with Crippen LogP contribution in [0.15, 0.2) is 0 Å². The molecular formula is C11H20N2O3. The van der Waals surface area contributed by atoms with Gasteiger partial charge < -0.3 is 10.0 Å². The topological polar surface area (TPSA) is 60.9 Å². The molecular weight excluding hydrogens is 208 g/mol. The number of carboxylic acid groups (broad SMARTS) is 1. The molecule has 1 heterocycles. The Labute approximate surface area is 96.0 Å². The van der Waals surface area contributed by atoms with Crippen molar-refractivity contribution in [2.24, 2.45) is 0 Å². The van der Waals surface area contributed by atoms with Gasteiger partial charge in [-0.2, -0.15) is 0 Å². The lowest BCUT2D eigenvalue weighted by Crippen LogP contribution is -2.65. The molecule has 0 aromatic heterocycles. The predicted octanol–water partition coefficient (Wildman–Crippen LogP) is 0.402. The number of carbonyl (C=O) groups excluding carboxylic acids is 1. The highest BCUT2D eigenvalue weighted by atomic mass is 16.4. The van der Waals surface area contributed by atoms with E-state index in [4.69, 9.17) is 5.11 Å². The first-order chi connectivity index (χ1) is 7.29. The van der Waals surface area contributed by atoms with Gasteiger partial charge in [0.25, 0.3) is 0 Å². The minimum atomic E-state index is -0.926. The van der Waals surface area contributed by atoms with Crippen LogP contribution in [0.25, 0.3) is 0 Å². The Kier molecular flexibility index (Phi) is 3.57. The van der Waals surface area contributed by atoms with E-state index in [0.717, 1.165) is 0 Å². The van der Waals surface area contributed by atoms with Crippen LogP contribution >= 0.6 is 0 Å². The SMILES string of the molecule is CCN1CC(C)(C)N(C)C(=O)C1CC(=O)O. The standard InChI is InChI=1S/C11H20N2O3/c1-5-13-7-11(2,3)12(4)10(16)8(13)6-9(14)15/h8H,5-7H2,1-4H3,(H,14,15). The molecule has 0 aromatic carbocycles. The molecule has 1 saturated heterocycles. The number of piperazine rings is 1. The molecule has 1 amide bonds. The molecule has 0 aliphatic carbocycles. The van der Waals surface area contributed by atoms with E-state index in [1.54, 1.807) is 11.9 Å². The molecule has 16 heavy (non-hydrogen) atoms. The molecule has 92 valence electrons. The number of hydrogen-bond donors (Lipinski definition) is 1. The van der Waals surface area contributed by atoms with E-state index in [9.17, 15) is 9.59 Å². The lowest BCUT2D eigenvalue weighted by Gasteiger charge is -2.48. The summed E-state index contributed by atoms with van der Waals surface area (Å²) < 4.78 is 0. The summed E-state index contributed by atoms with van der Waals surface area (Å²) in [5, 5.41) is 8.82. The average Bonchev–Trinajstić information content (AvgIpc) is 2.18. The Morgan fingerprint density at radius 3 is 2.56 bits per heavy atom. The van der Waals surface area contributed by atoms with Crippen LogP contribution in [-0.2, 0) is 9.59 Å². The summed E-state index contributed by atoms with van der Waals surface area (Å²) in [5.74, 6) is -1.02. The molecule has 1 N–H and O–H groups in total. The maximum absolute atomic E-state index is 12.1. The van der Waals surface area contributed by atoms with Crippen molar-refractivity contribution in [1.29, 1.82) is 0 Å². The summed E-state index contributed by atoms with van der Waals surface area (Å²) in [6.07, 6.45) is -0.118. The Morgan fingerprint density at radius 1 is 1.56 bits per heavy atom. The molecule has 5 nitrogen and oxygen atoms in total. The summed E-state index contributed by atoms with van der Waals surface area (Å²) in [4.78, 5) is 26.4. The van der Waals surface area contributed by atoms with Crippen molar-refractivity contribution in [3.05, 3.63) is 0 Å². The van der Waals surface area contributed by atoms with E-state index in [2.05, 4.69) is 0 Å². The van der Waals surface area contributed by atoms with Crippen LogP contribution in [0.2, 0.25) is 0 Å². The van der Waals surface area contributed by atoms with E-state index < -0.39 is 12.0 Å². The normalized spacial score (nSPS) is 25.9. The highest BCUT2D eigenvalue weighted by molar-refractivity contribution is 5.87. The van der Waals surface area contributed by atoms with Gasteiger partial charge in [-0.25, -0.2) is 0 Å². The summed E-state index contributed by atoms with van der Waals surface area (Å²) >= 11 is 0. The third-order valence-corrected chi connectivity index (χ3v) is 3.33. The quantitative estimate of drug-likeness (QED) is 0.759. The van der Waals surface area contributed by atoms with Crippen molar-refractivity contribution < 1.29 is 14.7 Å². The van der Waals surface area contributed by atoms with Gasteiger partial charge in [-0.05, 0) is 20.4 Å². The summed E-state index contributed by atoms with van der Waals surface area (Å²) in [6, 6.07) is -0.513. The smallest absolute Gasteiger partial charge is 0.305 e. The molecule has 0 radical (unpaired) electrons. The van der Waals surface area contributed by atoms with Crippen molar-refractivity contribution in [2.45, 2.75) is 38.8 Å². The van der Waals surface area contributed by atoms with Crippen LogP contribution in [-0.4, -0.2) is 58.5 Å². The number of aliphatic carboxylic acids is 1. The second-order valence-electron chi connectivity index (χ2n) is 4.89. The minimum Gasteiger partial charge on any atom is -0.481 e. The van der Waals surface area contributed by atoms with Gasteiger partial charge in [0, 0.05) is 19.1 Å². The monoisotopic (exact) mass is 228 g/mol. The highest BCUT2D eigenvalue weighted by Gasteiger charge is 2.42. The van der Waals surface area contributed by atoms with Crippen LogP contribution in [0.1, 0.15) is 27.2 Å². The molecule has 1 aliphatic heterocycles. The van der Waals surface area contributed by atoms with E-state index in [1.165, 1.54) is 0 Å². The highest BCUT2D eigenvalue weighted by Crippen LogP contribution is 2.25. The van der Waals surface area contributed by atoms with Gasteiger partial charge in [0.2, 0.25) is 5.91 Å².